The molecule has 0 aliphatic heterocycles. The van der Waals surface area contributed by atoms with E-state index in [1.807, 2.05) is 48.6 Å². The molecule has 0 heterocycles. The van der Waals surface area contributed by atoms with Crippen LogP contribution in [0.2, 0.25) is 0 Å². The van der Waals surface area contributed by atoms with Gasteiger partial charge >= 0.3 is 0 Å². The Hall–Kier alpha value is -3.10. The van der Waals surface area contributed by atoms with Crippen LogP contribution >= 0.6 is 23.2 Å². The lowest BCUT2D eigenvalue weighted by Crippen LogP contribution is -2.15. The van der Waals surface area contributed by atoms with Gasteiger partial charge in [0.1, 0.15) is 12.2 Å². The van der Waals surface area contributed by atoms with Crippen molar-refractivity contribution in [1.82, 2.24) is 0 Å². The monoisotopic (exact) mass is 466 g/mol. The smallest absolute Gasteiger partial charge is 0.110 e. The van der Waals surface area contributed by atoms with Crippen LogP contribution in [0.1, 0.15) is 56.7 Å². The Morgan fingerprint density at radius 2 is 0.818 bits per heavy atom. The molecule has 3 heteroatoms. The van der Waals surface area contributed by atoms with Gasteiger partial charge in [-0.25, -0.2) is 0 Å². The molecular formula is C30H20Cl2O. The first-order valence-electron chi connectivity index (χ1n) is 11.0. The minimum atomic E-state index is -0.298. The van der Waals surface area contributed by atoms with Gasteiger partial charge in [-0.3, -0.25) is 0 Å². The van der Waals surface area contributed by atoms with Crippen molar-refractivity contribution in [2.75, 3.05) is 0 Å². The zero-order chi connectivity index (χ0) is 22.4. The third kappa shape index (κ3) is 3.54. The number of halogens is 2. The third-order valence-corrected chi connectivity index (χ3v) is 7.02. The lowest BCUT2D eigenvalue weighted by Gasteiger charge is -2.28. The molecule has 0 saturated carbocycles. The second-order valence-corrected chi connectivity index (χ2v) is 9.13. The molecule has 2 aliphatic rings. The maximum atomic E-state index is 7.11. The fraction of sp³-hybridized carbons (Fsp3) is 0.0667. The lowest BCUT2D eigenvalue weighted by atomic mass is 9.93. The molecule has 0 unspecified atom stereocenters. The quantitative estimate of drug-likeness (QED) is 0.287. The van der Waals surface area contributed by atoms with Crippen molar-refractivity contribution in [3.8, 4) is 0 Å². The van der Waals surface area contributed by atoms with Gasteiger partial charge in [-0.05, 0) is 56.7 Å². The van der Waals surface area contributed by atoms with Gasteiger partial charge in [-0.2, -0.15) is 0 Å². The van der Waals surface area contributed by atoms with E-state index in [2.05, 4.69) is 60.7 Å². The van der Waals surface area contributed by atoms with Crippen molar-refractivity contribution in [2.24, 2.45) is 0 Å². The Balaban J connectivity index is 1.57. The van der Waals surface area contributed by atoms with Crippen LogP contribution in [0, 0.1) is 0 Å². The Morgan fingerprint density at radius 3 is 1.27 bits per heavy atom. The van der Waals surface area contributed by atoms with Crippen LogP contribution < -0.4 is 0 Å². The van der Waals surface area contributed by atoms with E-state index in [1.54, 1.807) is 0 Å². The lowest BCUT2D eigenvalue weighted by molar-refractivity contribution is 0.0306. The molecule has 4 aromatic carbocycles. The van der Waals surface area contributed by atoms with Gasteiger partial charge < -0.3 is 4.74 Å². The van der Waals surface area contributed by atoms with Crippen molar-refractivity contribution in [3.05, 3.63) is 142 Å². The van der Waals surface area contributed by atoms with E-state index in [0.29, 0.717) is 0 Å². The molecule has 0 aromatic heterocycles. The van der Waals surface area contributed by atoms with Crippen molar-refractivity contribution in [3.63, 3.8) is 0 Å². The summed E-state index contributed by atoms with van der Waals surface area (Å²) in [6.45, 7) is 0. The van der Waals surface area contributed by atoms with Gasteiger partial charge in [-0.15, -0.1) is 0 Å². The molecule has 2 atom stereocenters. The molecule has 0 bridgehead atoms. The zero-order valence-corrected chi connectivity index (χ0v) is 19.2. The predicted octanol–water partition coefficient (Wildman–Crippen LogP) is 8.68. The normalized spacial score (nSPS) is 18.5. The number of hydrogen-bond donors (Lipinski definition) is 0. The highest BCUT2D eigenvalue weighted by atomic mass is 35.5. The second kappa shape index (κ2) is 8.35. The largest absolute Gasteiger partial charge is 0.356 e. The third-order valence-electron chi connectivity index (χ3n) is 6.39. The van der Waals surface area contributed by atoms with Crippen molar-refractivity contribution >= 4 is 45.4 Å². The van der Waals surface area contributed by atoms with E-state index >= 15 is 0 Å². The van der Waals surface area contributed by atoms with E-state index in [1.165, 1.54) is 0 Å². The maximum Gasteiger partial charge on any atom is 0.110 e. The summed E-state index contributed by atoms with van der Waals surface area (Å²) in [6.07, 6.45) is 3.47. The number of hydrogen-bond acceptors (Lipinski definition) is 1. The highest BCUT2D eigenvalue weighted by Crippen LogP contribution is 2.46. The van der Waals surface area contributed by atoms with E-state index in [4.69, 9.17) is 27.9 Å². The number of rotatable bonds is 2. The Labute approximate surface area is 203 Å². The first-order valence-corrected chi connectivity index (χ1v) is 11.7. The first-order chi connectivity index (χ1) is 16.2. The van der Waals surface area contributed by atoms with Crippen LogP contribution in [-0.4, -0.2) is 0 Å². The van der Waals surface area contributed by atoms with E-state index in [9.17, 15) is 0 Å². The Bertz CT molecular complexity index is 1320. The van der Waals surface area contributed by atoms with Crippen LogP contribution in [0.15, 0.2) is 97.1 Å². The molecule has 0 amide bonds. The summed E-state index contributed by atoms with van der Waals surface area (Å²) >= 11 is 13.5. The van der Waals surface area contributed by atoms with Crippen LogP contribution in [0.4, 0.5) is 0 Å². The van der Waals surface area contributed by atoms with Gasteiger partial charge in [-0.1, -0.05) is 120 Å². The maximum absolute atomic E-state index is 7.11. The van der Waals surface area contributed by atoms with Crippen molar-refractivity contribution in [2.45, 2.75) is 12.2 Å². The summed E-state index contributed by atoms with van der Waals surface area (Å²) in [5.74, 6) is 0. The van der Waals surface area contributed by atoms with Gasteiger partial charge in [0.05, 0.1) is 0 Å². The molecule has 0 saturated heterocycles. The SMILES string of the molecule is ClC1=Cc2ccccc2[C@@H](O[C@@H]2c3ccccc3C=C(Cl)c3ccccc32)c2ccccc21. The molecule has 6 rings (SSSR count). The molecule has 33 heavy (non-hydrogen) atoms. The number of benzene rings is 4. The van der Waals surface area contributed by atoms with Crippen LogP contribution in [0.3, 0.4) is 0 Å². The van der Waals surface area contributed by atoms with Gasteiger partial charge in [0.2, 0.25) is 0 Å². The second-order valence-electron chi connectivity index (χ2n) is 8.31. The minimum Gasteiger partial charge on any atom is -0.356 e. The molecule has 4 aromatic rings. The molecule has 160 valence electrons. The zero-order valence-electron chi connectivity index (χ0n) is 17.7. The van der Waals surface area contributed by atoms with Gasteiger partial charge in [0, 0.05) is 10.1 Å². The number of ether oxygens (including phenoxy) is 1. The van der Waals surface area contributed by atoms with Gasteiger partial charge in [0.25, 0.3) is 0 Å². The summed E-state index contributed by atoms with van der Waals surface area (Å²) < 4.78 is 7.11. The highest BCUT2D eigenvalue weighted by Gasteiger charge is 2.31. The van der Waals surface area contributed by atoms with Crippen LogP contribution in [-0.2, 0) is 4.74 Å². The summed E-state index contributed by atoms with van der Waals surface area (Å²) in [5.41, 5.74) is 8.42. The van der Waals surface area contributed by atoms with Gasteiger partial charge in [0.15, 0.2) is 0 Å². The Morgan fingerprint density at radius 1 is 0.455 bits per heavy atom. The average molecular weight is 467 g/mol. The first kappa shape index (κ1) is 20.5. The topological polar surface area (TPSA) is 9.23 Å². The predicted molar refractivity (Wildman–Crippen MR) is 138 cm³/mol. The van der Waals surface area contributed by atoms with Crippen LogP contribution in [0.5, 0.6) is 0 Å². The molecule has 1 nitrogen and oxygen atoms in total. The summed E-state index contributed by atoms with van der Waals surface area (Å²) in [4.78, 5) is 0. The summed E-state index contributed by atoms with van der Waals surface area (Å²) in [7, 11) is 0. The molecular weight excluding hydrogens is 447 g/mol. The molecule has 0 spiro atoms. The number of fused-ring (bicyclic) bond motifs is 4. The fourth-order valence-electron chi connectivity index (χ4n) is 4.84. The molecule has 0 N–H and O–H groups in total. The van der Waals surface area contributed by atoms with E-state index < -0.39 is 0 Å². The fourth-order valence-corrected chi connectivity index (χ4v) is 5.42. The Kier molecular flexibility index (Phi) is 5.19. The molecule has 0 radical (unpaired) electrons. The minimum absolute atomic E-state index is 0.298. The van der Waals surface area contributed by atoms with Crippen molar-refractivity contribution < 1.29 is 4.74 Å². The summed E-state index contributed by atoms with van der Waals surface area (Å²) in [5, 5.41) is 1.44. The summed E-state index contributed by atoms with van der Waals surface area (Å²) in [6, 6.07) is 33.1. The van der Waals surface area contributed by atoms with Crippen molar-refractivity contribution in [1.29, 1.82) is 0 Å². The average Bonchev–Trinajstić information content (AvgIpc) is 3.05. The molecule has 0 fully saturated rings. The molecule has 2 aliphatic carbocycles. The van der Waals surface area contributed by atoms with E-state index in [0.717, 1.165) is 54.6 Å². The highest BCUT2D eigenvalue weighted by molar-refractivity contribution is 6.52. The van der Waals surface area contributed by atoms with E-state index in [-0.39, 0.29) is 12.2 Å². The van der Waals surface area contributed by atoms with Crippen LogP contribution in [0.25, 0.3) is 22.2 Å². The standard InChI is InChI=1S/C30H20Cl2O/c31-27-17-19-9-1-3-11-21(19)29(25-15-7-5-13-23(25)27)33-30-22-12-4-2-10-20(22)18-28(32)24-14-6-8-16-26(24)30/h1-18,29-30H/t29-,30-/m1/s1.